The molecular weight excluding hydrogens is 394 g/mol. The van der Waals surface area contributed by atoms with Crippen LogP contribution in [0.3, 0.4) is 0 Å². The quantitative estimate of drug-likeness (QED) is 0.243. The summed E-state index contributed by atoms with van der Waals surface area (Å²) in [6, 6.07) is -0.158. The third-order valence-corrected chi connectivity index (χ3v) is 5.36. The molecule has 0 unspecified atom stereocenters. The van der Waals surface area contributed by atoms with Crippen molar-refractivity contribution in [1.82, 2.24) is 14.9 Å². The number of carbonyl (C=O) groups excluding carboxylic acids is 1. The van der Waals surface area contributed by atoms with Gasteiger partial charge in [0.1, 0.15) is 5.60 Å². The molecule has 2 aliphatic heterocycles. The number of anilines is 1. The summed E-state index contributed by atoms with van der Waals surface area (Å²) in [5, 5.41) is 11.7. The minimum Gasteiger partial charge on any atom is -0.444 e. The van der Waals surface area contributed by atoms with Crippen molar-refractivity contribution in [2.45, 2.75) is 56.5 Å². The van der Waals surface area contributed by atoms with Gasteiger partial charge in [-0.05, 0) is 39.9 Å². The zero-order valence-corrected chi connectivity index (χ0v) is 17.2. The van der Waals surface area contributed by atoms with Gasteiger partial charge in [0.05, 0.1) is 17.0 Å². The topological polar surface area (TPSA) is 102 Å². The van der Waals surface area contributed by atoms with E-state index in [1.807, 2.05) is 25.7 Å². The molecule has 9 nitrogen and oxygen atoms in total. The van der Waals surface area contributed by atoms with E-state index in [9.17, 15) is 14.9 Å². The van der Waals surface area contributed by atoms with Crippen LogP contribution in [0.15, 0.2) is 5.16 Å². The van der Waals surface area contributed by atoms with Gasteiger partial charge >= 0.3 is 11.8 Å². The molecule has 0 radical (unpaired) electrons. The van der Waals surface area contributed by atoms with Crippen molar-refractivity contribution in [2.24, 2.45) is 0 Å². The maximum atomic E-state index is 12.6. The van der Waals surface area contributed by atoms with Gasteiger partial charge in [-0.3, -0.25) is 15.0 Å². The molecular formula is C16H22ClN5O4S. The lowest BCUT2D eigenvalue weighted by Crippen LogP contribution is -2.57. The van der Waals surface area contributed by atoms with Crippen molar-refractivity contribution in [3.63, 3.8) is 0 Å². The summed E-state index contributed by atoms with van der Waals surface area (Å²) >= 11 is 7.32. The molecule has 0 aliphatic carbocycles. The number of thioether (sulfide) groups is 1. The fourth-order valence-corrected chi connectivity index (χ4v) is 4.20. The maximum absolute atomic E-state index is 12.6. The van der Waals surface area contributed by atoms with Gasteiger partial charge in [-0.25, -0.2) is 9.78 Å². The Morgan fingerprint density at radius 3 is 2.37 bits per heavy atom. The molecule has 0 saturated carbocycles. The Morgan fingerprint density at radius 1 is 1.30 bits per heavy atom. The van der Waals surface area contributed by atoms with Gasteiger partial charge in [-0.15, -0.1) is 0 Å². The monoisotopic (exact) mass is 415 g/mol. The molecule has 1 aromatic heterocycles. The second-order valence-electron chi connectivity index (χ2n) is 7.61. The van der Waals surface area contributed by atoms with Crippen LogP contribution in [-0.4, -0.2) is 62.9 Å². The van der Waals surface area contributed by atoms with Crippen LogP contribution < -0.4 is 4.90 Å². The van der Waals surface area contributed by atoms with E-state index >= 15 is 0 Å². The number of aromatic nitrogens is 2. The highest BCUT2D eigenvalue weighted by Crippen LogP contribution is 2.39. The van der Waals surface area contributed by atoms with E-state index in [0.29, 0.717) is 18.2 Å². The van der Waals surface area contributed by atoms with Crippen molar-refractivity contribution in [1.29, 1.82) is 0 Å². The van der Waals surface area contributed by atoms with Crippen molar-refractivity contribution >= 4 is 41.0 Å². The molecule has 2 atom stereocenters. The predicted octanol–water partition coefficient (Wildman–Crippen LogP) is 3.35. The SMILES string of the molecule is CSc1nc(Cl)c([N+](=O)[O-])c(N2C[C@H]3CC[C@@H](C2)N3C(=O)OC(C)(C)C)n1. The number of hydrogen-bond donors (Lipinski definition) is 0. The van der Waals surface area contributed by atoms with E-state index in [1.165, 1.54) is 11.8 Å². The molecule has 11 heteroatoms. The van der Waals surface area contributed by atoms with Crippen molar-refractivity contribution in [3.8, 4) is 0 Å². The number of carbonyl (C=O) groups is 1. The van der Waals surface area contributed by atoms with Crippen LogP contribution in [0.25, 0.3) is 0 Å². The summed E-state index contributed by atoms with van der Waals surface area (Å²) in [4.78, 5) is 35.5. The summed E-state index contributed by atoms with van der Waals surface area (Å²) < 4.78 is 5.53. The highest BCUT2D eigenvalue weighted by molar-refractivity contribution is 7.98. The average Bonchev–Trinajstić information content (AvgIpc) is 2.82. The molecule has 3 rings (SSSR count). The third-order valence-electron chi connectivity index (χ3n) is 4.55. The van der Waals surface area contributed by atoms with Gasteiger partial charge in [0, 0.05) is 13.1 Å². The van der Waals surface area contributed by atoms with Crippen LogP contribution in [0.2, 0.25) is 5.15 Å². The summed E-state index contributed by atoms with van der Waals surface area (Å²) in [5.74, 6) is 0.213. The van der Waals surface area contributed by atoms with Crippen LogP contribution in [0, 0.1) is 10.1 Å². The first kappa shape index (κ1) is 19.9. The molecule has 0 aromatic carbocycles. The number of nitro groups is 1. The van der Waals surface area contributed by atoms with Crippen LogP contribution in [0.5, 0.6) is 0 Å². The van der Waals surface area contributed by atoms with Gasteiger partial charge in [-0.2, -0.15) is 4.98 Å². The van der Waals surface area contributed by atoms with Crippen molar-refractivity contribution in [2.75, 3.05) is 24.2 Å². The van der Waals surface area contributed by atoms with Gasteiger partial charge < -0.3 is 9.64 Å². The Balaban J connectivity index is 1.88. The normalized spacial score (nSPS) is 22.1. The number of fused-ring (bicyclic) bond motifs is 2. The highest BCUT2D eigenvalue weighted by atomic mass is 35.5. The Hall–Kier alpha value is -1.81. The van der Waals surface area contributed by atoms with E-state index in [0.717, 1.165) is 12.8 Å². The largest absolute Gasteiger partial charge is 0.444 e. The first-order valence-electron chi connectivity index (χ1n) is 8.63. The fourth-order valence-electron chi connectivity index (χ4n) is 3.56. The van der Waals surface area contributed by atoms with Crippen LogP contribution in [-0.2, 0) is 4.74 Å². The van der Waals surface area contributed by atoms with Gasteiger partial charge in [0.25, 0.3) is 0 Å². The number of piperazine rings is 1. The summed E-state index contributed by atoms with van der Waals surface area (Å²) in [6.07, 6.45) is 3.09. The number of rotatable bonds is 3. The highest BCUT2D eigenvalue weighted by Gasteiger charge is 2.46. The predicted molar refractivity (Wildman–Crippen MR) is 103 cm³/mol. The lowest BCUT2D eigenvalue weighted by molar-refractivity contribution is -0.384. The minimum absolute atomic E-state index is 0.0790. The van der Waals surface area contributed by atoms with E-state index in [4.69, 9.17) is 16.3 Å². The summed E-state index contributed by atoms with van der Waals surface area (Å²) in [6.45, 7) is 6.38. The molecule has 148 valence electrons. The third kappa shape index (κ3) is 4.06. The molecule has 2 bridgehead atoms. The Kier molecular flexibility index (Phi) is 5.40. The molecule has 27 heavy (non-hydrogen) atoms. The molecule has 0 spiro atoms. The molecule has 2 aliphatic rings. The zero-order valence-electron chi connectivity index (χ0n) is 15.6. The Labute approximate surface area is 166 Å². The molecule has 2 fully saturated rings. The average molecular weight is 416 g/mol. The van der Waals surface area contributed by atoms with Crippen LogP contribution >= 0.6 is 23.4 Å². The maximum Gasteiger partial charge on any atom is 0.410 e. The van der Waals surface area contributed by atoms with Crippen LogP contribution in [0.4, 0.5) is 16.3 Å². The van der Waals surface area contributed by atoms with Crippen molar-refractivity contribution in [3.05, 3.63) is 15.3 Å². The van der Waals surface area contributed by atoms with E-state index in [-0.39, 0.29) is 34.8 Å². The van der Waals surface area contributed by atoms with Crippen LogP contribution in [0.1, 0.15) is 33.6 Å². The first-order chi connectivity index (χ1) is 12.6. The zero-order chi connectivity index (χ0) is 19.9. The van der Waals surface area contributed by atoms with Gasteiger partial charge in [0.15, 0.2) is 5.16 Å². The number of amides is 1. The fraction of sp³-hybridized carbons (Fsp3) is 0.688. The summed E-state index contributed by atoms with van der Waals surface area (Å²) in [7, 11) is 0. The lowest BCUT2D eigenvalue weighted by atomic mass is 10.2. The summed E-state index contributed by atoms with van der Waals surface area (Å²) in [5.41, 5.74) is -0.862. The van der Waals surface area contributed by atoms with E-state index in [2.05, 4.69) is 9.97 Å². The standard InChI is InChI=1S/C16H22ClN5O4S/c1-16(2,3)26-15(23)21-9-5-6-10(21)8-20(7-9)13-11(22(24)25)12(17)18-14(19-13)27-4/h9-10H,5-8H2,1-4H3/t9-,10+. The Morgan fingerprint density at radius 2 is 1.89 bits per heavy atom. The second-order valence-corrected chi connectivity index (χ2v) is 8.74. The lowest BCUT2D eigenvalue weighted by Gasteiger charge is -2.41. The molecule has 1 aromatic rings. The first-order valence-corrected chi connectivity index (χ1v) is 10.2. The van der Waals surface area contributed by atoms with E-state index in [1.54, 1.807) is 11.2 Å². The van der Waals surface area contributed by atoms with Gasteiger partial charge in [-0.1, -0.05) is 23.4 Å². The number of halogens is 1. The number of ether oxygens (including phenoxy) is 1. The smallest absolute Gasteiger partial charge is 0.410 e. The molecule has 0 N–H and O–H groups in total. The Bertz CT molecular complexity index is 758. The van der Waals surface area contributed by atoms with Gasteiger partial charge in [0.2, 0.25) is 11.0 Å². The number of hydrogen-bond acceptors (Lipinski definition) is 8. The van der Waals surface area contributed by atoms with Crippen molar-refractivity contribution < 1.29 is 14.5 Å². The van der Waals surface area contributed by atoms with E-state index < -0.39 is 10.5 Å². The molecule has 1 amide bonds. The number of nitrogens with zero attached hydrogens (tertiary/aromatic N) is 5. The minimum atomic E-state index is -0.570. The molecule has 2 saturated heterocycles. The molecule has 3 heterocycles. The second kappa shape index (κ2) is 7.31.